The monoisotopic (exact) mass is 190 g/mol. The first-order valence-corrected chi connectivity index (χ1v) is 3.76. The molecule has 0 aliphatic rings. The van der Waals surface area contributed by atoms with Crippen LogP contribution in [0.15, 0.2) is 12.1 Å². The van der Waals surface area contributed by atoms with E-state index in [0.29, 0.717) is 25.1 Å². The molecule has 0 aromatic heterocycles. The molecule has 0 aliphatic carbocycles. The van der Waals surface area contributed by atoms with Gasteiger partial charge in [0.1, 0.15) is 0 Å². The van der Waals surface area contributed by atoms with E-state index in [9.17, 15) is 19.2 Å². The summed E-state index contributed by atoms with van der Waals surface area (Å²) in [6.07, 6.45) is 1.71. The maximum Gasteiger partial charge on any atom is 0.151 e. The van der Waals surface area contributed by atoms with Crippen LogP contribution in [0.25, 0.3) is 0 Å². The molecule has 0 bridgehead atoms. The molecule has 0 spiro atoms. The van der Waals surface area contributed by atoms with E-state index in [1.165, 1.54) is 12.1 Å². The van der Waals surface area contributed by atoms with Crippen molar-refractivity contribution in [2.75, 3.05) is 0 Å². The van der Waals surface area contributed by atoms with Gasteiger partial charge in [-0.2, -0.15) is 0 Å². The van der Waals surface area contributed by atoms with E-state index >= 15 is 0 Å². The third-order valence-corrected chi connectivity index (χ3v) is 1.84. The van der Waals surface area contributed by atoms with Crippen LogP contribution < -0.4 is 0 Å². The van der Waals surface area contributed by atoms with E-state index in [-0.39, 0.29) is 22.3 Å². The Balaban J connectivity index is 3.58. The minimum atomic E-state index is -0.0420. The van der Waals surface area contributed by atoms with Crippen molar-refractivity contribution in [3.63, 3.8) is 0 Å². The largest absolute Gasteiger partial charge is 0.298 e. The van der Waals surface area contributed by atoms with Crippen molar-refractivity contribution in [3.8, 4) is 0 Å². The Morgan fingerprint density at radius 3 is 1.21 bits per heavy atom. The van der Waals surface area contributed by atoms with Crippen LogP contribution >= 0.6 is 0 Å². The summed E-state index contributed by atoms with van der Waals surface area (Å²) in [6, 6.07) is 2.65. The molecule has 0 unspecified atom stereocenters. The minimum absolute atomic E-state index is 0.0420. The normalized spacial score (nSPS) is 9.14. The van der Waals surface area contributed by atoms with Crippen LogP contribution in [0, 0.1) is 0 Å². The molecule has 0 aliphatic heterocycles. The molecule has 0 atom stereocenters. The van der Waals surface area contributed by atoms with Crippen molar-refractivity contribution in [1.29, 1.82) is 0 Å². The topological polar surface area (TPSA) is 68.3 Å². The summed E-state index contributed by atoms with van der Waals surface area (Å²) in [6.45, 7) is 0. The van der Waals surface area contributed by atoms with Gasteiger partial charge in [0.05, 0.1) is 0 Å². The van der Waals surface area contributed by atoms with Crippen LogP contribution in [0.5, 0.6) is 0 Å². The van der Waals surface area contributed by atoms with Crippen molar-refractivity contribution in [2.45, 2.75) is 0 Å². The number of carbonyl (C=O) groups excluding carboxylic acids is 4. The third-order valence-electron chi connectivity index (χ3n) is 1.84. The fourth-order valence-electron chi connectivity index (χ4n) is 1.14. The zero-order chi connectivity index (χ0) is 10.6. The lowest BCUT2D eigenvalue weighted by Gasteiger charge is -2.02. The number of hydrogen-bond donors (Lipinski definition) is 0. The molecule has 0 saturated heterocycles. The van der Waals surface area contributed by atoms with Crippen molar-refractivity contribution in [2.24, 2.45) is 0 Å². The fraction of sp³-hybridized carbons (Fsp3) is 0. The molecule has 0 saturated carbocycles. The highest BCUT2D eigenvalue weighted by Crippen LogP contribution is 2.13. The highest BCUT2D eigenvalue weighted by molar-refractivity contribution is 6.03. The molecule has 1 rings (SSSR count). The van der Waals surface area contributed by atoms with Crippen LogP contribution in [-0.4, -0.2) is 25.1 Å². The molecule has 4 nitrogen and oxygen atoms in total. The number of hydrogen-bond acceptors (Lipinski definition) is 4. The lowest BCUT2D eigenvalue weighted by molar-refractivity contribution is 0.107. The molecule has 0 N–H and O–H groups in total. The summed E-state index contributed by atoms with van der Waals surface area (Å²) < 4.78 is 0. The van der Waals surface area contributed by atoms with Gasteiger partial charge >= 0.3 is 0 Å². The molecule has 1 aromatic carbocycles. The van der Waals surface area contributed by atoms with Gasteiger partial charge in [0.2, 0.25) is 0 Å². The highest BCUT2D eigenvalue weighted by Gasteiger charge is 2.10. The van der Waals surface area contributed by atoms with E-state index in [1.807, 2.05) is 0 Å². The molecule has 1 aromatic rings. The molecule has 4 heteroatoms. The van der Waals surface area contributed by atoms with Gasteiger partial charge in [-0.15, -0.1) is 0 Å². The second-order valence-electron chi connectivity index (χ2n) is 2.54. The van der Waals surface area contributed by atoms with E-state index in [1.54, 1.807) is 0 Å². The summed E-state index contributed by atoms with van der Waals surface area (Å²) in [5.41, 5.74) is 0.125. The predicted octanol–water partition coefficient (Wildman–Crippen LogP) is 0.937. The predicted molar refractivity (Wildman–Crippen MR) is 48.0 cm³/mol. The maximum absolute atomic E-state index is 10.6. The van der Waals surface area contributed by atoms with E-state index in [0.717, 1.165) is 0 Å². The quantitative estimate of drug-likeness (QED) is 0.662. The minimum Gasteiger partial charge on any atom is -0.298 e. The number of rotatable bonds is 4. The Kier molecular flexibility index (Phi) is 3.01. The summed E-state index contributed by atoms with van der Waals surface area (Å²) in [4.78, 5) is 42.2. The van der Waals surface area contributed by atoms with Crippen LogP contribution in [0.3, 0.4) is 0 Å². The Morgan fingerprint density at radius 2 is 1.00 bits per heavy atom. The van der Waals surface area contributed by atoms with Crippen molar-refractivity contribution >= 4 is 25.1 Å². The molecule has 70 valence electrons. The van der Waals surface area contributed by atoms with Crippen molar-refractivity contribution < 1.29 is 19.2 Å². The van der Waals surface area contributed by atoms with Gasteiger partial charge in [-0.25, -0.2) is 0 Å². The Morgan fingerprint density at radius 1 is 0.643 bits per heavy atom. The van der Waals surface area contributed by atoms with Gasteiger partial charge in [-0.05, 0) is 0 Å². The van der Waals surface area contributed by atoms with Crippen molar-refractivity contribution in [1.82, 2.24) is 0 Å². The first kappa shape index (κ1) is 9.98. The second kappa shape index (κ2) is 4.23. The van der Waals surface area contributed by atoms with Gasteiger partial charge < -0.3 is 0 Å². The lowest BCUT2D eigenvalue weighted by atomic mass is 9.99. The second-order valence-corrected chi connectivity index (χ2v) is 2.54. The standard InChI is InChI=1S/C10H6O4/c11-3-7-1-2-8(4-12)10(6-14)9(7)5-13/h1-6H. The summed E-state index contributed by atoms with van der Waals surface area (Å²) >= 11 is 0. The van der Waals surface area contributed by atoms with E-state index in [2.05, 4.69) is 0 Å². The molecular formula is C10H6O4. The van der Waals surface area contributed by atoms with Crippen LogP contribution in [0.2, 0.25) is 0 Å². The molecule has 14 heavy (non-hydrogen) atoms. The zero-order valence-corrected chi connectivity index (χ0v) is 7.10. The van der Waals surface area contributed by atoms with Gasteiger partial charge in [-0.1, -0.05) is 12.1 Å². The summed E-state index contributed by atoms with van der Waals surface area (Å²) in [7, 11) is 0. The lowest BCUT2D eigenvalue weighted by Crippen LogP contribution is -2.01. The first-order valence-electron chi connectivity index (χ1n) is 3.76. The summed E-state index contributed by atoms with van der Waals surface area (Å²) in [5.74, 6) is 0. The SMILES string of the molecule is O=Cc1ccc(C=O)c(C=O)c1C=O. The maximum atomic E-state index is 10.6. The Bertz CT molecular complexity index is 368. The molecule has 0 fully saturated rings. The smallest absolute Gasteiger partial charge is 0.151 e. The van der Waals surface area contributed by atoms with Crippen molar-refractivity contribution in [3.05, 3.63) is 34.4 Å². The van der Waals surface area contributed by atoms with Gasteiger partial charge in [-0.3, -0.25) is 19.2 Å². The third kappa shape index (κ3) is 1.50. The van der Waals surface area contributed by atoms with Crippen LogP contribution in [0.4, 0.5) is 0 Å². The van der Waals surface area contributed by atoms with Gasteiger partial charge in [0.15, 0.2) is 25.1 Å². The average molecular weight is 190 g/mol. The van der Waals surface area contributed by atoms with Gasteiger partial charge in [0.25, 0.3) is 0 Å². The van der Waals surface area contributed by atoms with Crippen LogP contribution in [0.1, 0.15) is 41.4 Å². The van der Waals surface area contributed by atoms with E-state index < -0.39 is 0 Å². The molecule has 0 radical (unpaired) electrons. The fourth-order valence-corrected chi connectivity index (χ4v) is 1.14. The Hall–Kier alpha value is -2.10. The van der Waals surface area contributed by atoms with Gasteiger partial charge in [0, 0.05) is 22.3 Å². The number of carbonyl (C=O) groups is 4. The zero-order valence-electron chi connectivity index (χ0n) is 7.10. The average Bonchev–Trinajstić information content (AvgIpc) is 2.26. The van der Waals surface area contributed by atoms with Crippen LogP contribution in [-0.2, 0) is 0 Å². The number of benzene rings is 1. The highest BCUT2D eigenvalue weighted by atomic mass is 16.1. The molecular weight excluding hydrogens is 184 g/mol. The summed E-state index contributed by atoms with van der Waals surface area (Å²) in [5, 5.41) is 0. The molecule has 0 heterocycles. The molecule has 0 amide bonds. The van der Waals surface area contributed by atoms with E-state index in [4.69, 9.17) is 0 Å². The first-order chi connectivity index (χ1) is 6.78. The number of aldehydes is 4. The Labute approximate surface area is 79.5 Å².